The van der Waals surface area contributed by atoms with Gasteiger partial charge in [0.15, 0.2) is 0 Å². The smallest absolute Gasteiger partial charge is 0.258 e. The van der Waals surface area contributed by atoms with Gasteiger partial charge in [0.05, 0.1) is 21.3 Å². The zero-order valence-corrected chi connectivity index (χ0v) is 9.36. The number of nitro groups is 2. The highest BCUT2D eigenvalue weighted by molar-refractivity contribution is 6.19. The van der Waals surface area contributed by atoms with Gasteiger partial charge in [-0.2, -0.15) is 0 Å². The Hall–Kier alpha value is -1.40. The maximum atomic E-state index is 10.8. The van der Waals surface area contributed by atoms with Gasteiger partial charge < -0.3 is 0 Å². The third kappa shape index (κ3) is 2.23. The molecule has 6 nitrogen and oxygen atoms in total. The number of rotatable bonds is 4. The van der Waals surface area contributed by atoms with Gasteiger partial charge >= 0.3 is 11.4 Å². The molecule has 0 spiro atoms. The molecule has 1 rings (SSSR count). The van der Waals surface area contributed by atoms with Crippen molar-refractivity contribution in [3.63, 3.8) is 0 Å². The summed E-state index contributed by atoms with van der Waals surface area (Å²) in [4.78, 5) is 19.8. The quantitative estimate of drug-likeness (QED) is 0.475. The molecule has 0 aliphatic rings. The molecule has 0 aliphatic carbocycles. The van der Waals surface area contributed by atoms with E-state index in [1.165, 1.54) is 6.07 Å². The topological polar surface area (TPSA) is 86.3 Å². The zero-order chi connectivity index (χ0) is 12.3. The number of hydrogen-bond donors (Lipinski definition) is 0. The van der Waals surface area contributed by atoms with Crippen LogP contribution in [0.25, 0.3) is 0 Å². The molecule has 0 radical (unpaired) electrons. The zero-order valence-electron chi connectivity index (χ0n) is 7.85. The first-order valence-corrected chi connectivity index (χ1v) is 5.15. The summed E-state index contributed by atoms with van der Waals surface area (Å²) in [7, 11) is 0. The third-order valence-corrected chi connectivity index (χ3v) is 2.57. The van der Waals surface area contributed by atoms with Crippen LogP contribution in [0.5, 0.6) is 0 Å². The second-order valence-electron chi connectivity index (χ2n) is 2.85. The van der Waals surface area contributed by atoms with E-state index in [1.54, 1.807) is 0 Å². The average Bonchev–Trinajstić information content (AvgIpc) is 2.26. The van der Waals surface area contributed by atoms with E-state index in [0.717, 1.165) is 6.07 Å². The Morgan fingerprint density at radius 3 is 2.06 bits per heavy atom. The molecule has 1 aromatic rings. The lowest BCUT2D eigenvalue weighted by Gasteiger charge is -2.04. The van der Waals surface area contributed by atoms with Crippen molar-refractivity contribution in [1.29, 1.82) is 0 Å². The molecule has 0 saturated heterocycles. The molecule has 0 N–H and O–H groups in total. The van der Waals surface area contributed by atoms with E-state index in [-0.39, 0.29) is 17.3 Å². The van der Waals surface area contributed by atoms with Gasteiger partial charge in [-0.25, -0.2) is 0 Å². The number of nitro benzene ring substituents is 2. The molecule has 0 saturated carbocycles. The molecular weight excluding hydrogens is 259 g/mol. The Morgan fingerprint density at radius 1 is 1.06 bits per heavy atom. The van der Waals surface area contributed by atoms with Crippen molar-refractivity contribution in [3.05, 3.63) is 43.5 Å². The van der Waals surface area contributed by atoms with E-state index >= 15 is 0 Å². The maximum absolute atomic E-state index is 10.8. The van der Waals surface area contributed by atoms with Gasteiger partial charge in [-0.1, -0.05) is 6.07 Å². The highest BCUT2D eigenvalue weighted by Gasteiger charge is 2.29. The molecule has 1 aromatic carbocycles. The minimum absolute atomic E-state index is 0.0148. The molecule has 8 heteroatoms. The Balaban J connectivity index is 3.56. The van der Waals surface area contributed by atoms with Crippen LogP contribution < -0.4 is 0 Å². The number of halogens is 2. The fraction of sp³-hybridized carbons (Fsp3) is 0.250. The Bertz CT molecular complexity index is 450. The van der Waals surface area contributed by atoms with Gasteiger partial charge in [-0.15, -0.1) is 23.2 Å². The first-order chi connectivity index (χ1) is 7.52. The molecule has 0 heterocycles. The number of nitrogens with zero attached hydrogens (tertiary/aromatic N) is 2. The first-order valence-electron chi connectivity index (χ1n) is 4.08. The summed E-state index contributed by atoms with van der Waals surface area (Å²) >= 11 is 11.1. The van der Waals surface area contributed by atoms with Gasteiger partial charge in [-0.3, -0.25) is 20.2 Å². The normalized spacial score (nSPS) is 10.1. The van der Waals surface area contributed by atoms with Gasteiger partial charge in [0, 0.05) is 11.9 Å². The lowest BCUT2D eigenvalue weighted by molar-refractivity contribution is -0.422. The van der Waals surface area contributed by atoms with Crippen LogP contribution in [0.1, 0.15) is 11.1 Å². The van der Waals surface area contributed by atoms with E-state index in [4.69, 9.17) is 23.2 Å². The highest BCUT2D eigenvalue weighted by Crippen LogP contribution is 2.34. The van der Waals surface area contributed by atoms with Crippen molar-refractivity contribution in [1.82, 2.24) is 0 Å². The Labute approximate surface area is 100 Å². The van der Waals surface area contributed by atoms with Crippen LogP contribution >= 0.6 is 23.2 Å². The van der Waals surface area contributed by atoms with Crippen LogP contribution in [-0.2, 0) is 11.8 Å². The molecule has 86 valence electrons. The third-order valence-electron chi connectivity index (χ3n) is 2.02. The minimum Gasteiger partial charge on any atom is -0.258 e. The Kier molecular flexibility index (Phi) is 4.03. The average molecular weight is 265 g/mol. The summed E-state index contributed by atoms with van der Waals surface area (Å²) in [6.07, 6.45) is 0. The van der Waals surface area contributed by atoms with E-state index < -0.39 is 21.2 Å². The summed E-state index contributed by atoms with van der Waals surface area (Å²) < 4.78 is 0. The SMILES string of the molecule is O=[N+]([O-])c1ccc(CCl)c(CCl)c1[N+](=O)[O-]. The van der Waals surface area contributed by atoms with Crippen LogP contribution in [0, 0.1) is 20.2 Å². The number of hydrogen-bond acceptors (Lipinski definition) is 4. The lowest BCUT2D eigenvalue weighted by atomic mass is 10.1. The molecule has 0 amide bonds. The van der Waals surface area contributed by atoms with Crippen molar-refractivity contribution in [3.8, 4) is 0 Å². The lowest BCUT2D eigenvalue weighted by Crippen LogP contribution is -2.02. The second kappa shape index (κ2) is 5.09. The highest BCUT2D eigenvalue weighted by atomic mass is 35.5. The standard InChI is InChI=1S/C8H6Cl2N2O4/c9-3-5-1-2-7(11(13)14)8(12(15)16)6(5)4-10/h1-2H,3-4H2. The van der Waals surface area contributed by atoms with Gasteiger partial charge in [0.2, 0.25) is 0 Å². The Morgan fingerprint density at radius 2 is 1.69 bits per heavy atom. The summed E-state index contributed by atoms with van der Waals surface area (Å²) in [5.74, 6) is -0.180. The van der Waals surface area contributed by atoms with Crippen LogP contribution in [0.2, 0.25) is 0 Å². The van der Waals surface area contributed by atoms with Crippen molar-refractivity contribution in [2.75, 3.05) is 0 Å². The van der Waals surface area contributed by atoms with E-state index in [1.807, 2.05) is 0 Å². The molecule has 0 aromatic heterocycles. The summed E-state index contributed by atoms with van der Waals surface area (Å²) in [6.45, 7) is 0. The van der Waals surface area contributed by atoms with Crippen molar-refractivity contribution >= 4 is 34.6 Å². The van der Waals surface area contributed by atoms with Gasteiger partial charge in [0.1, 0.15) is 0 Å². The second-order valence-corrected chi connectivity index (χ2v) is 3.39. The molecule has 0 fully saturated rings. The fourth-order valence-electron chi connectivity index (χ4n) is 1.29. The van der Waals surface area contributed by atoms with Crippen LogP contribution in [0.3, 0.4) is 0 Å². The van der Waals surface area contributed by atoms with Gasteiger partial charge in [-0.05, 0) is 5.56 Å². The van der Waals surface area contributed by atoms with E-state index in [9.17, 15) is 20.2 Å². The summed E-state index contributed by atoms with van der Waals surface area (Å²) in [6, 6.07) is 2.43. The van der Waals surface area contributed by atoms with Crippen molar-refractivity contribution < 1.29 is 9.85 Å². The van der Waals surface area contributed by atoms with E-state index in [0.29, 0.717) is 5.56 Å². The molecule has 0 unspecified atom stereocenters. The van der Waals surface area contributed by atoms with Crippen LogP contribution in [0.4, 0.5) is 11.4 Å². The first kappa shape index (κ1) is 12.7. The molecule has 0 bridgehead atoms. The molecule has 0 aliphatic heterocycles. The van der Waals surface area contributed by atoms with Crippen LogP contribution in [0.15, 0.2) is 12.1 Å². The predicted molar refractivity (Wildman–Crippen MR) is 58.9 cm³/mol. The monoisotopic (exact) mass is 264 g/mol. The largest absolute Gasteiger partial charge is 0.350 e. The maximum Gasteiger partial charge on any atom is 0.350 e. The fourth-order valence-corrected chi connectivity index (χ4v) is 1.84. The van der Waals surface area contributed by atoms with Crippen molar-refractivity contribution in [2.45, 2.75) is 11.8 Å². The van der Waals surface area contributed by atoms with Crippen LogP contribution in [-0.4, -0.2) is 9.85 Å². The molecule has 16 heavy (non-hydrogen) atoms. The summed E-state index contributed by atoms with van der Waals surface area (Å²) in [5.41, 5.74) is -0.641. The molecule has 0 atom stereocenters. The predicted octanol–water partition coefficient (Wildman–Crippen LogP) is 2.98. The number of benzene rings is 1. The minimum atomic E-state index is -0.814. The van der Waals surface area contributed by atoms with Crippen molar-refractivity contribution in [2.24, 2.45) is 0 Å². The molecular formula is C8H6Cl2N2O4. The van der Waals surface area contributed by atoms with Gasteiger partial charge in [0.25, 0.3) is 0 Å². The number of alkyl halides is 2. The summed E-state index contributed by atoms with van der Waals surface area (Å²) in [5, 5.41) is 21.4. The van der Waals surface area contributed by atoms with E-state index in [2.05, 4.69) is 0 Å².